The summed E-state index contributed by atoms with van der Waals surface area (Å²) < 4.78 is 0. The van der Waals surface area contributed by atoms with Crippen molar-refractivity contribution < 1.29 is 0 Å². The van der Waals surface area contributed by atoms with E-state index in [2.05, 4.69) is 17.5 Å². The Bertz CT molecular complexity index is 424. The van der Waals surface area contributed by atoms with Crippen molar-refractivity contribution in [1.29, 1.82) is 10.5 Å². The maximum atomic E-state index is 9.01. The summed E-state index contributed by atoms with van der Waals surface area (Å²) in [6, 6.07) is 10.1. The van der Waals surface area contributed by atoms with Gasteiger partial charge in [0.25, 0.3) is 0 Å². The average Bonchev–Trinajstić information content (AvgIpc) is 2.29. The second-order valence-electron chi connectivity index (χ2n) is 3.65. The normalized spacial score (nSPS) is 9.19. The standard InChI is InChI=1S/C13H15N3/c1-11-6-5-7-13(12(11)10-15)16-9-4-2-3-8-14/h5-7,16H,2-4,9H2,1H3. The molecule has 1 rings (SSSR count). The van der Waals surface area contributed by atoms with E-state index in [1.54, 1.807) is 0 Å². The highest BCUT2D eigenvalue weighted by molar-refractivity contribution is 5.60. The summed E-state index contributed by atoms with van der Waals surface area (Å²) in [5.74, 6) is 0. The highest BCUT2D eigenvalue weighted by Crippen LogP contribution is 2.18. The van der Waals surface area contributed by atoms with Crippen LogP contribution in [0.4, 0.5) is 5.69 Å². The Hall–Kier alpha value is -2.00. The molecule has 3 nitrogen and oxygen atoms in total. The topological polar surface area (TPSA) is 59.6 Å². The number of nitriles is 2. The largest absolute Gasteiger partial charge is 0.384 e. The van der Waals surface area contributed by atoms with Crippen LogP contribution >= 0.6 is 0 Å². The molecule has 3 heteroatoms. The van der Waals surface area contributed by atoms with Gasteiger partial charge in [-0.2, -0.15) is 10.5 Å². The van der Waals surface area contributed by atoms with E-state index in [1.165, 1.54) is 0 Å². The molecule has 0 spiro atoms. The van der Waals surface area contributed by atoms with Gasteiger partial charge in [0.1, 0.15) is 6.07 Å². The summed E-state index contributed by atoms with van der Waals surface area (Å²) >= 11 is 0. The molecule has 0 unspecified atom stereocenters. The van der Waals surface area contributed by atoms with Gasteiger partial charge in [-0.1, -0.05) is 12.1 Å². The molecular formula is C13H15N3. The lowest BCUT2D eigenvalue weighted by Crippen LogP contribution is -2.03. The summed E-state index contributed by atoms with van der Waals surface area (Å²) in [7, 11) is 0. The molecule has 0 fully saturated rings. The molecule has 1 N–H and O–H groups in total. The Balaban J connectivity index is 2.52. The number of nitrogens with zero attached hydrogens (tertiary/aromatic N) is 2. The molecule has 16 heavy (non-hydrogen) atoms. The smallest absolute Gasteiger partial charge is 0.102 e. The maximum absolute atomic E-state index is 9.01. The van der Waals surface area contributed by atoms with E-state index >= 15 is 0 Å². The van der Waals surface area contributed by atoms with Gasteiger partial charge in [0.15, 0.2) is 0 Å². The summed E-state index contributed by atoms with van der Waals surface area (Å²) in [5, 5.41) is 20.6. The van der Waals surface area contributed by atoms with Crippen LogP contribution < -0.4 is 5.32 Å². The van der Waals surface area contributed by atoms with Gasteiger partial charge in [0.2, 0.25) is 0 Å². The Kier molecular flexibility index (Phi) is 4.89. The Morgan fingerprint density at radius 3 is 2.75 bits per heavy atom. The fourth-order valence-corrected chi connectivity index (χ4v) is 1.52. The summed E-state index contributed by atoms with van der Waals surface area (Å²) in [6.45, 7) is 2.74. The molecule has 0 aromatic heterocycles. The van der Waals surface area contributed by atoms with Gasteiger partial charge >= 0.3 is 0 Å². The van der Waals surface area contributed by atoms with Crippen molar-refractivity contribution in [3.63, 3.8) is 0 Å². The molecule has 0 heterocycles. The molecule has 0 aliphatic rings. The summed E-state index contributed by atoms with van der Waals surface area (Å²) in [4.78, 5) is 0. The van der Waals surface area contributed by atoms with Gasteiger partial charge in [-0.25, -0.2) is 0 Å². The SMILES string of the molecule is Cc1cccc(NCCCCC#N)c1C#N. The molecule has 0 saturated heterocycles. The van der Waals surface area contributed by atoms with Crippen LogP contribution in [-0.2, 0) is 0 Å². The zero-order chi connectivity index (χ0) is 11.8. The fraction of sp³-hybridized carbons (Fsp3) is 0.385. The third kappa shape index (κ3) is 3.29. The summed E-state index contributed by atoms with van der Waals surface area (Å²) in [6.07, 6.45) is 2.45. The van der Waals surface area contributed by atoms with E-state index in [0.717, 1.165) is 30.6 Å². The lowest BCUT2D eigenvalue weighted by atomic mass is 10.1. The van der Waals surface area contributed by atoms with E-state index in [4.69, 9.17) is 10.5 Å². The molecule has 1 aromatic rings. The van der Waals surface area contributed by atoms with Crippen LogP contribution in [0.3, 0.4) is 0 Å². The molecule has 0 saturated carbocycles. The van der Waals surface area contributed by atoms with Crippen molar-refractivity contribution in [1.82, 2.24) is 0 Å². The van der Waals surface area contributed by atoms with E-state index in [1.807, 2.05) is 25.1 Å². The maximum Gasteiger partial charge on any atom is 0.102 e. The number of nitrogens with one attached hydrogen (secondary N) is 1. The first-order chi connectivity index (χ1) is 7.79. The number of anilines is 1. The van der Waals surface area contributed by atoms with E-state index in [0.29, 0.717) is 12.0 Å². The monoisotopic (exact) mass is 213 g/mol. The quantitative estimate of drug-likeness (QED) is 0.765. The van der Waals surface area contributed by atoms with Crippen molar-refractivity contribution in [3.05, 3.63) is 29.3 Å². The van der Waals surface area contributed by atoms with Gasteiger partial charge in [-0.3, -0.25) is 0 Å². The van der Waals surface area contributed by atoms with Crippen LogP contribution in [0, 0.1) is 29.6 Å². The molecule has 0 aliphatic heterocycles. The van der Waals surface area contributed by atoms with E-state index in [-0.39, 0.29) is 0 Å². The lowest BCUT2D eigenvalue weighted by molar-refractivity contribution is 0.784. The minimum atomic E-state index is 0.598. The van der Waals surface area contributed by atoms with Gasteiger partial charge in [-0.05, 0) is 31.4 Å². The van der Waals surface area contributed by atoms with Crippen molar-refractivity contribution in [3.8, 4) is 12.1 Å². The molecule has 0 amide bonds. The van der Waals surface area contributed by atoms with Crippen molar-refractivity contribution in [2.75, 3.05) is 11.9 Å². The van der Waals surface area contributed by atoms with Crippen LogP contribution in [0.25, 0.3) is 0 Å². The lowest BCUT2D eigenvalue weighted by Gasteiger charge is -2.08. The number of hydrogen-bond acceptors (Lipinski definition) is 3. The Morgan fingerprint density at radius 2 is 2.06 bits per heavy atom. The van der Waals surface area contributed by atoms with Crippen molar-refractivity contribution in [2.45, 2.75) is 26.2 Å². The Labute approximate surface area is 96.3 Å². The number of unbranched alkanes of at least 4 members (excludes halogenated alkanes) is 2. The van der Waals surface area contributed by atoms with Crippen LogP contribution in [0.2, 0.25) is 0 Å². The highest BCUT2D eigenvalue weighted by Gasteiger charge is 2.03. The molecule has 0 bridgehead atoms. The number of rotatable bonds is 5. The van der Waals surface area contributed by atoms with Gasteiger partial charge in [0, 0.05) is 13.0 Å². The Morgan fingerprint density at radius 1 is 1.25 bits per heavy atom. The second-order valence-corrected chi connectivity index (χ2v) is 3.65. The van der Waals surface area contributed by atoms with Crippen molar-refractivity contribution in [2.24, 2.45) is 0 Å². The van der Waals surface area contributed by atoms with Crippen LogP contribution in [0.15, 0.2) is 18.2 Å². The molecule has 0 aliphatic carbocycles. The van der Waals surface area contributed by atoms with Gasteiger partial charge < -0.3 is 5.32 Å². The number of hydrogen-bond donors (Lipinski definition) is 1. The first kappa shape index (κ1) is 12.1. The zero-order valence-electron chi connectivity index (χ0n) is 9.45. The zero-order valence-corrected chi connectivity index (χ0v) is 9.45. The van der Waals surface area contributed by atoms with Gasteiger partial charge in [0.05, 0.1) is 17.3 Å². The minimum absolute atomic E-state index is 0.598. The third-order valence-corrected chi connectivity index (χ3v) is 2.42. The summed E-state index contributed by atoms with van der Waals surface area (Å²) in [5.41, 5.74) is 2.59. The van der Waals surface area contributed by atoms with Gasteiger partial charge in [-0.15, -0.1) is 0 Å². The molecular weight excluding hydrogens is 198 g/mol. The highest BCUT2D eigenvalue weighted by atomic mass is 14.9. The average molecular weight is 213 g/mol. The first-order valence-electron chi connectivity index (χ1n) is 5.40. The number of aryl methyl sites for hydroxylation is 1. The van der Waals surface area contributed by atoms with Crippen LogP contribution in [-0.4, -0.2) is 6.54 Å². The van der Waals surface area contributed by atoms with Crippen molar-refractivity contribution >= 4 is 5.69 Å². The van der Waals surface area contributed by atoms with Crippen LogP contribution in [0.5, 0.6) is 0 Å². The molecule has 82 valence electrons. The van der Waals surface area contributed by atoms with E-state index in [9.17, 15) is 0 Å². The molecule has 0 radical (unpaired) electrons. The second kappa shape index (κ2) is 6.48. The predicted octanol–water partition coefficient (Wildman–Crippen LogP) is 2.97. The first-order valence-corrected chi connectivity index (χ1v) is 5.40. The molecule has 1 aromatic carbocycles. The van der Waals surface area contributed by atoms with Crippen LogP contribution in [0.1, 0.15) is 30.4 Å². The predicted molar refractivity (Wildman–Crippen MR) is 63.8 cm³/mol. The third-order valence-electron chi connectivity index (χ3n) is 2.42. The number of benzene rings is 1. The fourth-order valence-electron chi connectivity index (χ4n) is 1.52. The minimum Gasteiger partial charge on any atom is -0.384 e. The molecule has 0 atom stereocenters. The van der Waals surface area contributed by atoms with E-state index < -0.39 is 0 Å².